The first-order valence-corrected chi connectivity index (χ1v) is 7.70. The average molecular weight is 281 g/mol. The highest BCUT2D eigenvalue weighted by atomic mass is 15.1. The zero-order valence-corrected chi connectivity index (χ0v) is 12.6. The monoisotopic (exact) mass is 281 g/mol. The molecule has 0 unspecified atom stereocenters. The summed E-state index contributed by atoms with van der Waals surface area (Å²) in [5, 5.41) is 3.43. The van der Waals surface area contributed by atoms with Gasteiger partial charge in [-0.15, -0.1) is 0 Å². The van der Waals surface area contributed by atoms with Gasteiger partial charge in [0.15, 0.2) is 0 Å². The zero-order chi connectivity index (χ0) is 14.7. The molecule has 3 nitrogen and oxygen atoms in total. The van der Waals surface area contributed by atoms with Crippen molar-refractivity contribution in [3.8, 4) is 0 Å². The molecule has 1 saturated heterocycles. The maximum atomic E-state index is 5.85. The third kappa shape index (κ3) is 3.30. The van der Waals surface area contributed by atoms with Gasteiger partial charge >= 0.3 is 0 Å². The van der Waals surface area contributed by atoms with Crippen LogP contribution in [0.2, 0.25) is 0 Å². The fourth-order valence-corrected chi connectivity index (χ4v) is 2.83. The van der Waals surface area contributed by atoms with Gasteiger partial charge < -0.3 is 16.0 Å². The normalized spacial score (nSPS) is 15.0. The van der Waals surface area contributed by atoms with Gasteiger partial charge in [-0.1, -0.05) is 0 Å². The molecule has 1 heterocycles. The SMILES string of the molecule is Cc1cc(Nc2ccc(N3CCCCC3)cc2)ccc1N. The van der Waals surface area contributed by atoms with E-state index in [1.54, 1.807) is 0 Å². The number of rotatable bonds is 3. The van der Waals surface area contributed by atoms with Gasteiger partial charge in [0.05, 0.1) is 0 Å². The molecule has 110 valence electrons. The van der Waals surface area contributed by atoms with Gasteiger partial charge in [-0.3, -0.25) is 0 Å². The lowest BCUT2D eigenvalue weighted by Crippen LogP contribution is -2.29. The molecule has 0 atom stereocenters. The Kier molecular flexibility index (Phi) is 4.00. The molecule has 0 saturated carbocycles. The van der Waals surface area contributed by atoms with Crippen molar-refractivity contribution >= 4 is 22.7 Å². The van der Waals surface area contributed by atoms with Gasteiger partial charge in [-0.2, -0.15) is 0 Å². The van der Waals surface area contributed by atoms with E-state index in [1.165, 1.54) is 38.0 Å². The van der Waals surface area contributed by atoms with E-state index >= 15 is 0 Å². The molecule has 21 heavy (non-hydrogen) atoms. The predicted molar refractivity (Wildman–Crippen MR) is 91.4 cm³/mol. The van der Waals surface area contributed by atoms with Crippen LogP contribution in [0.3, 0.4) is 0 Å². The molecular formula is C18H23N3. The second-order valence-electron chi connectivity index (χ2n) is 5.79. The minimum Gasteiger partial charge on any atom is -0.399 e. The van der Waals surface area contributed by atoms with Gasteiger partial charge in [-0.05, 0) is 74.2 Å². The van der Waals surface area contributed by atoms with E-state index in [1.807, 2.05) is 19.1 Å². The fraction of sp³-hybridized carbons (Fsp3) is 0.333. The Bertz CT molecular complexity index is 598. The largest absolute Gasteiger partial charge is 0.399 e. The summed E-state index contributed by atoms with van der Waals surface area (Å²) in [6.07, 6.45) is 3.99. The number of nitrogens with one attached hydrogen (secondary N) is 1. The molecule has 0 aromatic heterocycles. The van der Waals surface area contributed by atoms with Crippen LogP contribution in [-0.2, 0) is 0 Å². The molecular weight excluding hydrogens is 258 g/mol. The van der Waals surface area contributed by atoms with Crippen molar-refractivity contribution in [2.24, 2.45) is 0 Å². The van der Waals surface area contributed by atoms with E-state index in [0.29, 0.717) is 0 Å². The lowest BCUT2D eigenvalue weighted by Gasteiger charge is -2.28. The predicted octanol–water partition coefficient (Wildman–Crippen LogP) is 4.31. The third-order valence-corrected chi connectivity index (χ3v) is 4.15. The topological polar surface area (TPSA) is 41.3 Å². The Hall–Kier alpha value is -2.16. The van der Waals surface area contributed by atoms with Gasteiger partial charge in [0.25, 0.3) is 0 Å². The number of piperidine rings is 1. The van der Waals surface area contributed by atoms with E-state index in [2.05, 4.69) is 40.5 Å². The van der Waals surface area contributed by atoms with Crippen LogP contribution in [0.15, 0.2) is 42.5 Å². The van der Waals surface area contributed by atoms with E-state index in [-0.39, 0.29) is 0 Å². The molecule has 2 aromatic rings. The second-order valence-corrected chi connectivity index (χ2v) is 5.79. The molecule has 0 radical (unpaired) electrons. The molecule has 1 fully saturated rings. The summed E-state index contributed by atoms with van der Waals surface area (Å²) in [4.78, 5) is 2.47. The van der Waals surface area contributed by atoms with Crippen molar-refractivity contribution in [3.63, 3.8) is 0 Å². The maximum absolute atomic E-state index is 5.85. The van der Waals surface area contributed by atoms with Crippen LogP contribution in [0.1, 0.15) is 24.8 Å². The first-order chi connectivity index (χ1) is 10.2. The lowest BCUT2D eigenvalue weighted by atomic mass is 10.1. The quantitative estimate of drug-likeness (QED) is 0.824. The van der Waals surface area contributed by atoms with Crippen molar-refractivity contribution in [2.45, 2.75) is 26.2 Å². The van der Waals surface area contributed by atoms with Crippen molar-refractivity contribution < 1.29 is 0 Å². The summed E-state index contributed by atoms with van der Waals surface area (Å²) in [5.41, 5.74) is 11.3. The van der Waals surface area contributed by atoms with Crippen LogP contribution in [-0.4, -0.2) is 13.1 Å². The average Bonchev–Trinajstić information content (AvgIpc) is 2.53. The number of nitrogens with two attached hydrogens (primary N) is 1. The molecule has 3 heteroatoms. The van der Waals surface area contributed by atoms with E-state index in [0.717, 1.165) is 22.6 Å². The number of hydrogen-bond acceptors (Lipinski definition) is 3. The Morgan fingerprint density at radius 2 is 1.57 bits per heavy atom. The molecule has 0 aliphatic carbocycles. The van der Waals surface area contributed by atoms with Gasteiger partial charge in [0.2, 0.25) is 0 Å². The minimum absolute atomic E-state index is 0.834. The Balaban J connectivity index is 1.70. The van der Waals surface area contributed by atoms with Crippen LogP contribution in [0.25, 0.3) is 0 Å². The number of hydrogen-bond donors (Lipinski definition) is 2. The van der Waals surface area contributed by atoms with Crippen molar-refractivity contribution in [1.29, 1.82) is 0 Å². The number of anilines is 4. The van der Waals surface area contributed by atoms with Crippen LogP contribution in [0, 0.1) is 6.92 Å². The molecule has 0 amide bonds. The van der Waals surface area contributed by atoms with Crippen LogP contribution in [0.4, 0.5) is 22.7 Å². The summed E-state index contributed by atoms with van der Waals surface area (Å²) in [6.45, 7) is 4.40. The van der Waals surface area contributed by atoms with Crippen LogP contribution in [0.5, 0.6) is 0 Å². The highest BCUT2D eigenvalue weighted by Crippen LogP contribution is 2.25. The molecule has 0 spiro atoms. The van der Waals surface area contributed by atoms with Crippen LogP contribution < -0.4 is 16.0 Å². The molecule has 2 aromatic carbocycles. The first kappa shape index (κ1) is 13.8. The second kappa shape index (κ2) is 6.08. The highest BCUT2D eigenvalue weighted by molar-refractivity contribution is 5.66. The van der Waals surface area contributed by atoms with E-state index < -0.39 is 0 Å². The van der Waals surface area contributed by atoms with Crippen molar-refractivity contribution in [1.82, 2.24) is 0 Å². The van der Waals surface area contributed by atoms with Gasteiger partial charge in [0, 0.05) is 35.8 Å². The molecule has 3 N–H and O–H groups in total. The molecule has 1 aliphatic heterocycles. The number of nitrogen functional groups attached to an aromatic ring is 1. The van der Waals surface area contributed by atoms with Crippen molar-refractivity contribution in [3.05, 3.63) is 48.0 Å². The summed E-state index contributed by atoms with van der Waals surface area (Å²) in [5.74, 6) is 0. The molecule has 1 aliphatic rings. The molecule has 0 bridgehead atoms. The van der Waals surface area contributed by atoms with Crippen LogP contribution >= 0.6 is 0 Å². The summed E-state index contributed by atoms with van der Waals surface area (Å²) < 4.78 is 0. The molecule has 3 rings (SSSR count). The number of nitrogens with zero attached hydrogens (tertiary/aromatic N) is 1. The summed E-state index contributed by atoms with van der Waals surface area (Å²) >= 11 is 0. The highest BCUT2D eigenvalue weighted by Gasteiger charge is 2.10. The smallest absolute Gasteiger partial charge is 0.0388 e. The number of aryl methyl sites for hydroxylation is 1. The zero-order valence-electron chi connectivity index (χ0n) is 12.6. The Labute approximate surface area is 126 Å². The third-order valence-electron chi connectivity index (χ3n) is 4.15. The Morgan fingerprint density at radius 1 is 0.905 bits per heavy atom. The first-order valence-electron chi connectivity index (χ1n) is 7.70. The number of benzene rings is 2. The maximum Gasteiger partial charge on any atom is 0.0388 e. The van der Waals surface area contributed by atoms with Gasteiger partial charge in [-0.25, -0.2) is 0 Å². The van der Waals surface area contributed by atoms with Crippen molar-refractivity contribution in [2.75, 3.05) is 29.0 Å². The minimum atomic E-state index is 0.834. The fourth-order valence-electron chi connectivity index (χ4n) is 2.83. The lowest BCUT2D eigenvalue weighted by molar-refractivity contribution is 0.578. The standard InChI is InChI=1S/C18H23N3/c1-14-13-16(7-10-18(14)19)20-15-5-8-17(9-6-15)21-11-3-2-4-12-21/h5-10,13,20H,2-4,11-12,19H2,1H3. The summed E-state index contributed by atoms with van der Waals surface area (Å²) in [7, 11) is 0. The van der Waals surface area contributed by atoms with E-state index in [4.69, 9.17) is 5.73 Å². The summed E-state index contributed by atoms with van der Waals surface area (Å²) in [6, 6.07) is 14.7. The van der Waals surface area contributed by atoms with Gasteiger partial charge in [0.1, 0.15) is 0 Å². The Morgan fingerprint density at radius 3 is 2.24 bits per heavy atom. The van der Waals surface area contributed by atoms with E-state index in [9.17, 15) is 0 Å².